The molecule has 1 amide bonds. The van der Waals surface area contributed by atoms with E-state index < -0.39 is 0 Å². The molecule has 0 saturated heterocycles. The Morgan fingerprint density at radius 1 is 1.45 bits per heavy atom. The van der Waals surface area contributed by atoms with Crippen molar-refractivity contribution in [2.75, 3.05) is 6.54 Å². The molecule has 3 heteroatoms. The molecule has 0 unspecified atom stereocenters. The molecule has 0 radical (unpaired) electrons. The Hall–Kier alpha value is -2.16. The minimum atomic E-state index is 0.100. The van der Waals surface area contributed by atoms with Gasteiger partial charge in [-0.25, -0.2) is 0 Å². The van der Waals surface area contributed by atoms with Crippen LogP contribution in [0.25, 0.3) is 0 Å². The number of nitrogens with zero attached hydrogens (tertiary/aromatic N) is 2. The average molecular weight is 268 g/mol. The highest BCUT2D eigenvalue weighted by atomic mass is 16.2. The van der Waals surface area contributed by atoms with Crippen LogP contribution < -0.4 is 0 Å². The van der Waals surface area contributed by atoms with E-state index >= 15 is 0 Å². The normalized spacial score (nSPS) is 16.1. The second-order valence-electron chi connectivity index (χ2n) is 4.85. The van der Waals surface area contributed by atoms with Gasteiger partial charge < -0.3 is 4.90 Å². The summed E-state index contributed by atoms with van der Waals surface area (Å²) >= 11 is 0. The zero-order valence-corrected chi connectivity index (χ0v) is 12.1. The van der Waals surface area contributed by atoms with Gasteiger partial charge in [0.2, 0.25) is 0 Å². The first-order chi connectivity index (χ1) is 9.69. The maximum Gasteiger partial charge on any atom is 0.258 e. The molecule has 0 aliphatic carbocycles. The van der Waals surface area contributed by atoms with Crippen LogP contribution in [0.4, 0.5) is 0 Å². The summed E-state index contributed by atoms with van der Waals surface area (Å²) in [7, 11) is 0. The number of allylic oxidation sites excluding steroid dienone is 3. The first-order valence-corrected chi connectivity index (χ1v) is 6.91. The summed E-state index contributed by atoms with van der Waals surface area (Å²) in [6.45, 7) is 8.26. The molecule has 0 N–H and O–H groups in total. The summed E-state index contributed by atoms with van der Waals surface area (Å²) in [5, 5.41) is 0. The second kappa shape index (κ2) is 6.33. The highest BCUT2D eigenvalue weighted by molar-refractivity contribution is 5.97. The van der Waals surface area contributed by atoms with E-state index in [2.05, 4.69) is 18.6 Å². The van der Waals surface area contributed by atoms with Crippen molar-refractivity contribution in [1.29, 1.82) is 0 Å². The Bertz CT molecular complexity index is 584. The van der Waals surface area contributed by atoms with E-state index in [9.17, 15) is 4.79 Å². The third kappa shape index (κ3) is 2.72. The Morgan fingerprint density at radius 3 is 2.90 bits per heavy atom. The molecule has 1 aliphatic heterocycles. The lowest BCUT2D eigenvalue weighted by atomic mass is 9.97. The molecule has 0 saturated carbocycles. The number of carbonyl (C=O) groups excluding carboxylic acids is 1. The topological polar surface area (TPSA) is 32.7 Å². The molecule has 0 spiro atoms. The molecule has 1 aromatic carbocycles. The number of benzene rings is 1. The molecule has 2 rings (SSSR count). The van der Waals surface area contributed by atoms with Gasteiger partial charge in [-0.2, -0.15) is 0 Å². The van der Waals surface area contributed by atoms with E-state index in [1.807, 2.05) is 42.2 Å². The van der Waals surface area contributed by atoms with E-state index in [-0.39, 0.29) is 5.91 Å². The van der Waals surface area contributed by atoms with E-state index in [0.717, 1.165) is 41.8 Å². The third-order valence-corrected chi connectivity index (χ3v) is 3.64. The van der Waals surface area contributed by atoms with Crippen molar-refractivity contribution in [3.63, 3.8) is 0 Å². The van der Waals surface area contributed by atoms with Crippen LogP contribution >= 0.6 is 0 Å². The predicted octanol–water partition coefficient (Wildman–Crippen LogP) is 3.58. The number of amides is 1. The molecular formula is C17H20N2O. The van der Waals surface area contributed by atoms with E-state index in [1.165, 1.54) is 0 Å². The summed E-state index contributed by atoms with van der Waals surface area (Å²) in [6.07, 6.45) is 5.29. The Morgan fingerprint density at radius 2 is 2.20 bits per heavy atom. The van der Waals surface area contributed by atoms with Gasteiger partial charge in [0, 0.05) is 24.0 Å². The van der Waals surface area contributed by atoms with Gasteiger partial charge >= 0.3 is 0 Å². The number of aliphatic imine (C=N–C) groups is 1. The van der Waals surface area contributed by atoms with Crippen molar-refractivity contribution in [2.45, 2.75) is 26.7 Å². The van der Waals surface area contributed by atoms with Gasteiger partial charge in [-0.05, 0) is 49.8 Å². The number of rotatable bonds is 4. The van der Waals surface area contributed by atoms with Crippen molar-refractivity contribution in [2.24, 2.45) is 4.99 Å². The number of carbonyl (C=O) groups is 1. The lowest BCUT2D eigenvalue weighted by molar-refractivity contribution is 0.0786. The Kier molecular flexibility index (Phi) is 4.51. The predicted molar refractivity (Wildman–Crippen MR) is 82.9 cm³/mol. The maximum atomic E-state index is 12.6. The standard InChI is InChI=1S/C17H20N2O/c1-4-16(13(2)9-11-18-3)19-12-10-14-7-5-6-8-15(14)17(19)20/h5-9,11H,3-4,10,12H2,1-2H3/b11-9-,16-13+. The fourth-order valence-corrected chi connectivity index (χ4v) is 2.63. The molecular weight excluding hydrogens is 248 g/mol. The van der Waals surface area contributed by atoms with Crippen LogP contribution in [0.3, 0.4) is 0 Å². The van der Waals surface area contributed by atoms with Crippen molar-refractivity contribution in [3.05, 3.63) is 58.9 Å². The van der Waals surface area contributed by atoms with Crippen LogP contribution in [-0.2, 0) is 6.42 Å². The monoisotopic (exact) mass is 268 g/mol. The Labute approximate surface area is 120 Å². The average Bonchev–Trinajstić information content (AvgIpc) is 2.48. The van der Waals surface area contributed by atoms with Crippen molar-refractivity contribution >= 4 is 12.6 Å². The summed E-state index contributed by atoms with van der Waals surface area (Å²) < 4.78 is 0. The SMILES string of the molecule is C=N/C=C\C(C)=C(/CC)N1CCc2ccccc2C1=O. The van der Waals surface area contributed by atoms with Gasteiger partial charge in [-0.15, -0.1) is 0 Å². The fourth-order valence-electron chi connectivity index (χ4n) is 2.63. The highest BCUT2D eigenvalue weighted by Crippen LogP contribution is 2.25. The molecule has 0 aromatic heterocycles. The number of fused-ring (bicyclic) bond motifs is 1. The van der Waals surface area contributed by atoms with E-state index in [1.54, 1.807) is 6.20 Å². The maximum absolute atomic E-state index is 12.6. The summed E-state index contributed by atoms with van der Waals surface area (Å²) in [5.74, 6) is 0.100. The lowest BCUT2D eigenvalue weighted by Crippen LogP contribution is -2.37. The number of hydrogen-bond acceptors (Lipinski definition) is 2. The molecule has 1 aliphatic rings. The fraction of sp³-hybridized carbons (Fsp3) is 0.294. The van der Waals surface area contributed by atoms with Crippen molar-refractivity contribution in [1.82, 2.24) is 4.90 Å². The van der Waals surface area contributed by atoms with Gasteiger partial charge in [0.05, 0.1) is 0 Å². The second-order valence-corrected chi connectivity index (χ2v) is 4.85. The Balaban J connectivity index is 2.36. The minimum absolute atomic E-state index is 0.100. The lowest BCUT2D eigenvalue weighted by Gasteiger charge is -2.31. The van der Waals surface area contributed by atoms with Gasteiger partial charge in [0.25, 0.3) is 5.91 Å². The van der Waals surface area contributed by atoms with Crippen molar-refractivity contribution in [3.8, 4) is 0 Å². The summed E-state index contributed by atoms with van der Waals surface area (Å²) in [6, 6.07) is 7.86. The molecule has 3 nitrogen and oxygen atoms in total. The van der Waals surface area contributed by atoms with Crippen LogP contribution in [0.5, 0.6) is 0 Å². The van der Waals surface area contributed by atoms with Crippen LogP contribution in [-0.4, -0.2) is 24.1 Å². The van der Waals surface area contributed by atoms with Crippen molar-refractivity contribution < 1.29 is 4.79 Å². The molecule has 0 bridgehead atoms. The molecule has 0 atom stereocenters. The van der Waals surface area contributed by atoms with Crippen LogP contribution in [0.2, 0.25) is 0 Å². The molecule has 20 heavy (non-hydrogen) atoms. The van der Waals surface area contributed by atoms with Gasteiger partial charge in [-0.3, -0.25) is 9.79 Å². The van der Waals surface area contributed by atoms with E-state index in [4.69, 9.17) is 0 Å². The first-order valence-electron chi connectivity index (χ1n) is 6.91. The largest absolute Gasteiger partial charge is 0.312 e. The van der Waals surface area contributed by atoms with E-state index in [0.29, 0.717) is 0 Å². The van der Waals surface area contributed by atoms with Crippen LogP contribution in [0.15, 0.2) is 52.8 Å². The van der Waals surface area contributed by atoms with Gasteiger partial charge in [-0.1, -0.05) is 25.1 Å². The smallest absolute Gasteiger partial charge is 0.258 e. The van der Waals surface area contributed by atoms with Gasteiger partial charge in [0.15, 0.2) is 0 Å². The third-order valence-electron chi connectivity index (χ3n) is 3.64. The molecule has 104 valence electrons. The minimum Gasteiger partial charge on any atom is -0.312 e. The summed E-state index contributed by atoms with van der Waals surface area (Å²) in [5.41, 5.74) is 4.09. The molecule has 1 aromatic rings. The van der Waals surface area contributed by atoms with Gasteiger partial charge in [0.1, 0.15) is 0 Å². The zero-order valence-electron chi connectivity index (χ0n) is 12.1. The van der Waals surface area contributed by atoms with Crippen LogP contribution in [0, 0.1) is 0 Å². The summed E-state index contributed by atoms with van der Waals surface area (Å²) in [4.78, 5) is 18.2. The quantitative estimate of drug-likeness (QED) is 0.607. The zero-order chi connectivity index (χ0) is 14.5. The number of hydrogen-bond donors (Lipinski definition) is 0. The first kappa shape index (κ1) is 14.3. The molecule has 1 heterocycles. The highest BCUT2D eigenvalue weighted by Gasteiger charge is 2.26. The molecule has 0 fully saturated rings. The van der Waals surface area contributed by atoms with Crippen LogP contribution in [0.1, 0.15) is 36.2 Å².